The molecule has 5 nitrogen and oxygen atoms in total. The van der Waals surface area contributed by atoms with E-state index in [4.69, 9.17) is 10.00 Å². The van der Waals surface area contributed by atoms with Crippen molar-refractivity contribution in [1.82, 2.24) is 4.31 Å². The van der Waals surface area contributed by atoms with Crippen molar-refractivity contribution in [2.24, 2.45) is 0 Å². The maximum Gasteiger partial charge on any atom is 0.216 e. The van der Waals surface area contributed by atoms with E-state index >= 15 is 0 Å². The molecule has 14 heavy (non-hydrogen) atoms. The fourth-order valence-corrected chi connectivity index (χ4v) is 2.50. The second kappa shape index (κ2) is 4.26. The van der Waals surface area contributed by atoms with Crippen LogP contribution in [0.5, 0.6) is 0 Å². The van der Waals surface area contributed by atoms with Crippen LogP contribution in [-0.4, -0.2) is 43.8 Å². The van der Waals surface area contributed by atoms with Gasteiger partial charge in [0.25, 0.3) is 0 Å². The fourth-order valence-electron chi connectivity index (χ4n) is 1.23. The monoisotopic (exact) mass is 218 g/mol. The van der Waals surface area contributed by atoms with Crippen LogP contribution in [0.2, 0.25) is 0 Å². The smallest absolute Gasteiger partial charge is 0.216 e. The lowest BCUT2D eigenvalue weighted by Gasteiger charge is -2.30. The van der Waals surface area contributed by atoms with Gasteiger partial charge in [0.2, 0.25) is 10.0 Å². The molecule has 0 aromatic heterocycles. The summed E-state index contributed by atoms with van der Waals surface area (Å²) in [6.45, 7) is 4.05. The van der Waals surface area contributed by atoms with Crippen LogP contribution in [-0.2, 0) is 14.8 Å². The van der Waals surface area contributed by atoms with Crippen molar-refractivity contribution in [3.8, 4) is 6.07 Å². The molecular formula is C8H14N2O3S. The Morgan fingerprint density at radius 1 is 1.57 bits per heavy atom. The van der Waals surface area contributed by atoms with Crippen molar-refractivity contribution < 1.29 is 13.2 Å². The van der Waals surface area contributed by atoms with E-state index in [2.05, 4.69) is 0 Å². The Morgan fingerprint density at radius 2 is 2.21 bits per heavy atom. The van der Waals surface area contributed by atoms with Crippen LogP contribution in [0.1, 0.15) is 13.8 Å². The molecule has 0 N–H and O–H groups in total. The van der Waals surface area contributed by atoms with Crippen molar-refractivity contribution in [1.29, 1.82) is 5.26 Å². The summed E-state index contributed by atoms with van der Waals surface area (Å²) in [6, 6.07) is 1.92. The minimum Gasteiger partial charge on any atom is -0.361 e. The molecule has 0 amide bonds. The van der Waals surface area contributed by atoms with E-state index in [0.29, 0.717) is 13.2 Å². The molecule has 1 aliphatic heterocycles. The van der Waals surface area contributed by atoms with Gasteiger partial charge in [-0.3, -0.25) is 0 Å². The first-order valence-corrected chi connectivity index (χ1v) is 5.99. The third kappa shape index (κ3) is 2.23. The van der Waals surface area contributed by atoms with E-state index in [1.165, 1.54) is 4.31 Å². The number of sulfonamides is 1. The van der Waals surface area contributed by atoms with E-state index in [-0.39, 0.29) is 6.54 Å². The largest absolute Gasteiger partial charge is 0.361 e. The highest BCUT2D eigenvalue weighted by Crippen LogP contribution is 2.13. The van der Waals surface area contributed by atoms with Gasteiger partial charge >= 0.3 is 0 Å². The number of ether oxygens (including phenoxy) is 1. The van der Waals surface area contributed by atoms with Gasteiger partial charge in [0.05, 0.1) is 24.5 Å². The Bertz CT molecular complexity index is 331. The number of morpholine rings is 1. The first-order chi connectivity index (χ1) is 6.48. The summed E-state index contributed by atoms with van der Waals surface area (Å²) in [4.78, 5) is 0. The number of hydrogen-bond donors (Lipinski definition) is 0. The molecule has 0 radical (unpaired) electrons. The van der Waals surface area contributed by atoms with Crippen molar-refractivity contribution in [2.75, 3.05) is 19.7 Å². The average molecular weight is 218 g/mol. The van der Waals surface area contributed by atoms with E-state index in [0.717, 1.165) is 0 Å². The number of rotatable bonds is 2. The van der Waals surface area contributed by atoms with Crippen molar-refractivity contribution >= 4 is 10.0 Å². The fraction of sp³-hybridized carbons (Fsp3) is 0.875. The highest BCUT2D eigenvalue weighted by atomic mass is 32.2. The van der Waals surface area contributed by atoms with Crippen LogP contribution in [0, 0.1) is 11.3 Å². The van der Waals surface area contributed by atoms with Gasteiger partial charge in [-0.25, -0.2) is 8.42 Å². The lowest BCUT2D eigenvalue weighted by Crippen LogP contribution is -2.47. The topological polar surface area (TPSA) is 70.4 Å². The molecule has 1 rings (SSSR count). The van der Waals surface area contributed by atoms with Gasteiger partial charge in [0.1, 0.15) is 0 Å². The van der Waals surface area contributed by atoms with Crippen LogP contribution in [0.4, 0.5) is 0 Å². The summed E-state index contributed by atoms with van der Waals surface area (Å²) in [5.41, 5.74) is 0. The van der Waals surface area contributed by atoms with E-state index in [1.807, 2.05) is 6.07 Å². The zero-order chi connectivity index (χ0) is 10.8. The Labute approximate surface area is 84.3 Å². The van der Waals surface area contributed by atoms with Crippen LogP contribution in [0.3, 0.4) is 0 Å². The third-order valence-corrected chi connectivity index (χ3v) is 4.37. The van der Waals surface area contributed by atoms with Gasteiger partial charge < -0.3 is 4.74 Å². The van der Waals surface area contributed by atoms with Crippen LogP contribution < -0.4 is 0 Å². The lowest BCUT2D eigenvalue weighted by atomic mass is 10.3. The molecule has 0 saturated carbocycles. The normalized spacial score (nSPS) is 24.9. The molecule has 6 heteroatoms. The first-order valence-electron chi connectivity index (χ1n) is 4.48. The maximum atomic E-state index is 11.7. The molecule has 1 atom stereocenters. The number of hydrogen-bond acceptors (Lipinski definition) is 4. The molecule has 0 aliphatic carbocycles. The van der Waals surface area contributed by atoms with Crippen LogP contribution in [0.15, 0.2) is 0 Å². The van der Waals surface area contributed by atoms with Gasteiger partial charge in [-0.1, -0.05) is 0 Å². The Hall–Kier alpha value is -0.640. The second-order valence-electron chi connectivity index (χ2n) is 3.44. The Morgan fingerprint density at radius 3 is 2.71 bits per heavy atom. The Kier molecular flexibility index (Phi) is 3.48. The van der Waals surface area contributed by atoms with Gasteiger partial charge in [0.15, 0.2) is 6.10 Å². The van der Waals surface area contributed by atoms with E-state index in [1.54, 1.807) is 13.8 Å². The minimum absolute atomic E-state index is 0.150. The van der Waals surface area contributed by atoms with Crippen LogP contribution in [0.25, 0.3) is 0 Å². The van der Waals surface area contributed by atoms with Crippen molar-refractivity contribution in [3.05, 3.63) is 0 Å². The highest BCUT2D eigenvalue weighted by molar-refractivity contribution is 7.89. The molecule has 0 aromatic carbocycles. The average Bonchev–Trinajstić information content (AvgIpc) is 2.17. The SMILES string of the molecule is CC(C)S(=O)(=O)N1CCOC(C#N)C1. The van der Waals surface area contributed by atoms with Gasteiger partial charge in [0, 0.05) is 6.54 Å². The van der Waals surface area contributed by atoms with E-state index < -0.39 is 21.4 Å². The third-order valence-electron chi connectivity index (χ3n) is 2.13. The predicted molar refractivity (Wildman–Crippen MR) is 51.0 cm³/mol. The molecule has 0 aromatic rings. The molecule has 0 bridgehead atoms. The molecule has 0 spiro atoms. The lowest BCUT2D eigenvalue weighted by molar-refractivity contribution is 0.0309. The summed E-state index contributed by atoms with van der Waals surface area (Å²) < 4.78 is 29.8. The molecule has 1 fully saturated rings. The summed E-state index contributed by atoms with van der Waals surface area (Å²) in [5, 5.41) is 8.17. The van der Waals surface area contributed by atoms with E-state index in [9.17, 15) is 8.42 Å². The maximum absolute atomic E-state index is 11.7. The van der Waals surface area contributed by atoms with Crippen molar-refractivity contribution in [3.63, 3.8) is 0 Å². The highest BCUT2D eigenvalue weighted by Gasteiger charge is 2.31. The van der Waals surface area contributed by atoms with Gasteiger partial charge in [-0.05, 0) is 13.8 Å². The summed E-state index contributed by atoms with van der Waals surface area (Å²) in [7, 11) is -3.24. The minimum atomic E-state index is -3.24. The molecule has 1 unspecified atom stereocenters. The summed E-state index contributed by atoms with van der Waals surface area (Å²) in [5.74, 6) is 0. The second-order valence-corrected chi connectivity index (χ2v) is 5.93. The predicted octanol–water partition coefficient (Wildman–Crippen LogP) is -0.0510. The zero-order valence-electron chi connectivity index (χ0n) is 8.30. The quantitative estimate of drug-likeness (QED) is 0.651. The molecule has 1 aliphatic rings. The molecular weight excluding hydrogens is 204 g/mol. The molecule has 80 valence electrons. The Balaban J connectivity index is 2.75. The summed E-state index contributed by atoms with van der Waals surface area (Å²) >= 11 is 0. The van der Waals surface area contributed by atoms with Crippen molar-refractivity contribution in [2.45, 2.75) is 25.2 Å². The number of nitriles is 1. The van der Waals surface area contributed by atoms with Crippen LogP contribution >= 0.6 is 0 Å². The number of nitrogens with zero attached hydrogens (tertiary/aromatic N) is 2. The summed E-state index contributed by atoms with van der Waals surface area (Å²) in [6.07, 6.45) is -0.628. The first kappa shape index (κ1) is 11.4. The zero-order valence-corrected chi connectivity index (χ0v) is 9.12. The molecule has 1 heterocycles. The molecule has 1 saturated heterocycles. The van der Waals surface area contributed by atoms with Gasteiger partial charge in [-0.15, -0.1) is 0 Å². The van der Waals surface area contributed by atoms with Gasteiger partial charge in [-0.2, -0.15) is 9.57 Å². The standard InChI is InChI=1S/C8H14N2O3S/c1-7(2)14(11,12)10-3-4-13-8(5-9)6-10/h7-8H,3-4,6H2,1-2H3.